The van der Waals surface area contributed by atoms with Crippen LogP contribution in [0.3, 0.4) is 0 Å². The number of hydrogen-bond acceptors (Lipinski definition) is 4. The van der Waals surface area contributed by atoms with Crippen LogP contribution in [0.4, 0.5) is 10.1 Å². The van der Waals surface area contributed by atoms with Crippen LogP contribution in [0.5, 0.6) is 5.75 Å². The zero-order chi connectivity index (χ0) is 15.5. The molecule has 0 saturated carbocycles. The van der Waals surface area contributed by atoms with Crippen LogP contribution >= 0.6 is 0 Å². The van der Waals surface area contributed by atoms with Crippen molar-refractivity contribution in [2.45, 2.75) is 17.6 Å². The Bertz CT molecular complexity index is 744. The molecule has 0 atom stereocenters. The molecule has 4 nitrogen and oxygen atoms in total. The lowest BCUT2D eigenvalue weighted by atomic mass is 10.2. The van der Waals surface area contributed by atoms with Crippen molar-refractivity contribution in [1.29, 1.82) is 0 Å². The Kier molecular flexibility index (Phi) is 4.47. The molecule has 0 saturated heterocycles. The van der Waals surface area contributed by atoms with Crippen LogP contribution in [0.2, 0.25) is 0 Å². The Morgan fingerprint density at radius 3 is 2.57 bits per heavy atom. The minimum atomic E-state index is -3.75. The largest absolute Gasteiger partial charge is 0.494 e. The van der Waals surface area contributed by atoms with Crippen molar-refractivity contribution < 1.29 is 17.5 Å². The van der Waals surface area contributed by atoms with Crippen LogP contribution in [0.1, 0.15) is 12.5 Å². The predicted octanol–water partition coefficient (Wildman–Crippen LogP) is 2.78. The lowest BCUT2D eigenvalue weighted by Gasteiger charge is -2.10. The van der Waals surface area contributed by atoms with Crippen molar-refractivity contribution in [3.05, 3.63) is 53.8 Å². The SMILES string of the molecule is CCOc1ccc(N)c(S(=O)(=O)Cc2ccccc2F)c1. The number of sulfone groups is 1. The van der Waals surface area contributed by atoms with Gasteiger partial charge in [-0.2, -0.15) is 0 Å². The summed E-state index contributed by atoms with van der Waals surface area (Å²) in [5.74, 6) is -0.584. The standard InChI is InChI=1S/C15H16FNO3S/c1-2-20-12-7-8-14(17)15(9-12)21(18,19)10-11-5-3-4-6-13(11)16/h3-9H,2,10,17H2,1H3. The summed E-state index contributed by atoms with van der Waals surface area (Å²) in [5, 5.41) is 0. The number of benzene rings is 2. The highest BCUT2D eigenvalue weighted by molar-refractivity contribution is 7.90. The fourth-order valence-corrected chi connectivity index (χ4v) is 3.46. The molecule has 2 N–H and O–H groups in total. The summed E-state index contributed by atoms with van der Waals surface area (Å²) < 4.78 is 43.8. The highest BCUT2D eigenvalue weighted by Gasteiger charge is 2.21. The molecule has 0 fully saturated rings. The van der Waals surface area contributed by atoms with Gasteiger partial charge in [0.25, 0.3) is 0 Å². The van der Waals surface area contributed by atoms with Gasteiger partial charge in [0, 0.05) is 11.6 Å². The number of nitrogens with two attached hydrogens (primary N) is 1. The quantitative estimate of drug-likeness (QED) is 0.862. The van der Waals surface area contributed by atoms with E-state index in [0.717, 1.165) is 0 Å². The number of anilines is 1. The van der Waals surface area contributed by atoms with Gasteiger partial charge in [-0.15, -0.1) is 0 Å². The molecule has 0 aromatic heterocycles. The summed E-state index contributed by atoms with van der Waals surface area (Å²) >= 11 is 0. The Hall–Kier alpha value is -2.08. The predicted molar refractivity (Wildman–Crippen MR) is 79.3 cm³/mol. The average Bonchev–Trinajstić information content (AvgIpc) is 2.43. The molecule has 0 heterocycles. The second-order valence-electron chi connectivity index (χ2n) is 4.48. The van der Waals surface area contributed by atoms with Gasteiger partial charge in [0.1, 0.15) is 11.6 Å². The molecule has 0 bridgehead atoms. The molecule has 0 aliphatic rings. The molecule has 112 valence electrons. The third-order valence-corrected chi connectivity index (χ3v) is 4.65. The van der Waals surface area contributed by atoms with Crippen LogP contribution in [-0.2, 0) is 15.6 Å². The first kappa shape index (κ1) is 15.3. The van der Waals surface area contributed by atoms with E-state index in [1.807, 2.05) is 0 Å². The minimum Gasteiger partial charge on any atom is -0.494 e. The zero-order valence-corrected chi connectivity index (χ0v) is 12.4. The molecule has 2 aromatic carbocycles. The molecule has 0 aliphatic heterocycles. The average molecular weight is 309 g/mol. The Balaban J connectivity index is 2.40. The molecular weight excluding hydrogens is 293 g/mol. The maximum absolute atomic E-state index is 13.6. The van der Waals surface area contributed by atoms with E-state index in [2.05, 4.69) is 0 Å². The van der Waals surface area contributed by atoms with Gasteiger partial charge >= 0.3 is 0 Å². The van der Waals surface area contributed by atoms with Gasteiger partial charge in [-0.1, -0.05) is 18.2 Å². The Morgan fingerprint density at radius 2 is 1.90 bits per heavy atom. The van der Waals surface area contributed by atoms with Crippen LogP contribution in [0, 0.1) is 5.82 Å². The van der Waals surface area contributed by atoms with E-state index in [9.17, 15) is 12.8 Å². The summed E-state index contributed by atoms with van der Waals surface area (Å²) in [6.45, 7) is 2.21. The maximum atomic E-state index is 13.6. The van der Waals surface area contributed by atoms with Gasteiger partial charge in [-0.05, 0) is 25.1 Å². The molecule has 2 rings (SSSR count). The number of halogens is 1. The van der Waals surface area contributed by atoms with Gasteiger partial charge < -0.3 is 10.5 Å². The smallest absolute Gasteiger partial charge is 0.184 e. The summed E-state index contributed by atoms with van der Waals surface area (Å²) in [6, 6.07) is 10.2. The van der Waals surface area contributed by atoms with E-state index < -0.39 is 21.4 Å². The molecule has 2 aromatic rings. The van der Waals surface area contributed by atoms with Crippen molar-refractivity contribution in [3.63, 3.8) is 0 Å². The van der Waals surface area contributed by atoms with E-state index >= 15 is 0 Å². The van der Waals surface area contributed by atoms with Crippen LogP contribution < -0.4 is 10.5 Å². The highest BCUT2D eigenvalue weighted by Crippen LogP contribution is 2.27. The lowest BCUT2D eigenvalue weighted by molar-refractivity contribution is 0.339. The third-order valence-electron chi connectivity index (χ3n) is 2.93. The molecule has 0 radical (unpaired) electrons. The maximum Gasteiger partial charge on any atom is 0.184 e. The van der Waals surface area contributed by atoms with Crippen LogP contribution in [0.15, 0.2) is 47.4 Å². The molecule has 0 aliphatic carbocycles. The normalized spacial score (nSPS) is 11.3. The van der Waals surface area contributed by atoms with Gasteiger partial charge in [-0.3, -0.25) is 0 Å². The monoisotopic (exact) mass is 309 g/mol. The van der Waals surface area contributed by atoms with Crippen molar-refractivity contribution >= 4 is 15.5 Å². The van der Waals surface area contributed by atoms with E-state index in [-0.39, 0.29) is 16.1 Å². The van der Waals surface area contributed by atoms with Crippen molar-refractivity contribution in [1.82, 2.24) is 0 Å². The first-order valence-corrected chi connectivity index (χ1v) is 8.07. The minimum absolute atomic E-state index is 0.0447. The molecule has 0 amide bonds. The van der Waals surface area contributed by atoms with Gasteiger partial charge in [0.15, 0.2) is 9.84 Å². The van der Waals surface area contributed by atoms with Crippen molar-refractivity contribution in [2.75, 3.05) is 12.3 Å². The number of ether oxygens (including phenoxy) is 1. The fraction of sp³-hybridized carbons (Fsp3) is 0.200. The second kappa shape index (κ2) is 6.13. The lowest BCUT2D eigenvalue weighted by Crippen LogP contribution is -2.09. The first-order valence-electron chi connectivity index (χ1n) is 6.42. The van der Waals surface area contributed by atoms with Crippen LogP contribution in [-0.4, -0.2) is 15.0 Å². The first-order chi connectivity index (χ1) is 9.94. The second-order valence-corrected chi connectivity index (χ2v) is 6.44. The Morgan fingerprint density at radius 1 is 1.19 bits per heavy atom. The number of hydrogen-bond donors (Lipinski definition) is 1. The highest BCUT2D eigenvalue weighted by atomic mass is 32.2. The summed E-state index contributed by atoms with van der Waals surface area (Å²) in [4.78, 5) is -0.0447. The van der Waals surface area contributed by atoms with E-state index in [1.165, 1.54) is 30.3 Å². The van der Waals surface area contributed by atoms with Crippen molar-refractivity contribution in [2.24, 2.45) is 0 Å². The summed E-state index contributed by atoms with van der Waals surface area (Å²) in [7, 11) is -3.75. The molecule has 21 heavy (non-hydrogen) atoms. The third kappa shape index (κ3) is 3.52. The fourth-order valence-electron chi connectivity index (χ4n) is 1.94. The molecule has 0 unspecified atom stereocenters. The van der Waals surface area contributed by atoms with Crippen molar-refractivity contribution in [3.8, 4) is 5.75 Å². The molecule has 0 spiro atoms. The van der Waals surface area contributed by atoms with E-state index in [0.29, 0.717) is 12.4 Å². The summed E-state index contributed by atoms with van der Waals surface area (Å²) in [6.07, 6.45) is 0. The zero-order valence-electron chi connectivity index (χ0n) is 11.5. The topological polar surface area (TPSA) is 69.4 Å². The van der Waals surface area contributed by atoms with Gasteiger partial charge in [0.05, 0.1) is 22.9 Å². The molecule has 6 heteroatoms. The van der Waals surface area contributed by atoms with Crippen LogP contribution in [0.25, 0.3) is 0 Å². The van der Waals surface area contributed by atoms with E-state index in [1.54, 1.807) is 19.1 Å². The molecular formula is C15H16FNO3S. The number of rotatable bonds is 5. The van der Waals surface area contributed by atoms with Gasteiger partial charge in [0.2, 0.25) is 0 Å². The van der Waals surface area contributed by atoms with Gasteiger partial charge in [-0.25, -0.2) is 12.8 Å². The van der Waals surface area contributed by atoms with E-state index in [4.69, 9.17) is 10.5 Å². The summed E-state index contributed by atoms with van der Waals surface area (Å²) in [5.41, 5.74) is 5.97. The number of nitrogen functional groups attached to an aromatic ring is 1. The Labute approximate surface area is 123 Å².